The van der Waals surface area contributed by atoms with E-state index in [0.29, 0.717) is 18.5 Å². The number of hydrogen-bond donors (Lipinski definition) is 2. The van der Waals surface area contributed by atoms with E-state index in [1.165, 1.54) is 0 Å². The van der Waals surface area contributed by atoms with Crippen molar-refractivity contribution >= 4 is 11.9 Å². The third-order valence-corrected chi connectivity index (χ3v) is 3.06. The van der Waals surface area contributed by atoms with E-state index in [1.807, 2.05) is 25.3 Å². The minimum atomic E-state index is -0.858. The summed E-state index contributed by atoms with van der Waals surface area (Å²) in [7, 11) is 0. The van der Waals surface area contributed by atoms with E-state index in [0.717, 1.165) is 11.3 Å². The van der Waals surface area contributed by atoms with Crippen LogP contribution in [0.5, 0.6) is 0 Å². The largest absolute Gasteiger partial charge is 0.481 e. The van der Waals surface area contributed by atoms with Gasteiger partial charge in [-0.05, 0) is 43.2 Å². The zero-order valence-electron chi connectivity index (χ0n) is 11.7. The highest BCUT2D eigenvalue weighted by molar-refractivity contribution is 5.94. The standard InChI is InChI=1S/C15H17N3O3/c1-11-10-12(15(21)16-7-2-4-14(19)20)5-6-13(11)18-9-3-8-17-18/h3,5-6,8-10H,2,4,7H2,1H3,(H,16,21)(H,19,20). The number of nitrogens with one attached hydrogen (secondary N) is 1. The number of amides is 1. The maximum Gasteiger partial charge on any atom is 0.303 e. The number of carboxylic acid groups (broad SMARTS) is 1. The molecule has 6 heteroatoms. The SMILES string of the molecule is Cc1cc(C(=O)NCCCC(=O)O)ccc1-n1cccn1. The van der Waals surface area contributed by atoms with Crippen molar-refractivity contribution in [3.63, 3.8) is 0 Å². The molecule has 2 aromatic rings. The fraction of sp³-hybridized carbons (Fsp3) is 0.267. The van der Waals surface area contributed by atoms with E-state index in [4.69, 9.17) is 5.11 Å². The Balaban J connectivity index is 1.99. The van der Waals surface area contributed by atoms with Gasteiger partial charge < -0.3 is 10.4 Å². The van der Waals surface area contributed by atoms with Gasteiger partial charge in [0.2, 0.25) is 0 Å². The second-order valence-electron chi connectivity index (χ2n) is 4.71. The van der Waals surface area contributed by atoms with Gasteiger partial charge in [-0.1, -0.05) is 0 Å². The number of carbonyl (C=O) groups excluding carboxylic acids is 1. The lowest BCUT2D eigenvalue weighted by molar-refractivity contribution is -0.137. The summed E-state index contributed by atoms with van der Waals surface area (Å²) in [4.78, 5) is 22.3. The lowest BCUT2D eigenvalue weighted by Gasteiger charge is -2.09. The van der Waals surface area contributed by atoms with Gasteiger partial charge in [-0.3, -0.25) is 9.59 Å². The van der Waals surface area contributed by atoms with Crippen LogP contribution in [-0.4, -0.2) is 33.3 Å². The molecule has 21 heavy (non-hydrogen) atoms. The van der Waals surface area contributed by atoms with Crippen LogP contribution < -0.4 is 5.32 Å². The maximum absolute atomic E-state index is 12.0. The maximum atomic E-state index is 12.0. The van der Waals surface area contributed by atoms with Crippen LogP contribution in [0.3, 0.4) is 0 Å². The molecular formula is C15H17N3O3. The van der Waals surface area contributed by atoms with Gasteiger partial charge >= 0.3 is 5.97 Å². The van der Waals surface area contributed by atoms with E-state index < -0.39 is 5.97 Å². The van der Waals surface area contributed by atoms with Crippen molar-refractivity contribution < 1.29 is 14.7 Å². The lowest BCUT2D eigenvalue weighted by Crippen LogP contribution is -2.25. The van der Waals surface area contributed by atoms with Crippen LogP contribution in [-0.2, 0) is 4.79 Å². The molecule has 0 spiro atoms. The number of benzene rings is 1. The second kappa shape index (κ2) is 6.69. The quantitative estimate of drug-likeness (QED) is 0.793. The van der Waals surface area contributed by atoms with E-state index >= 15 is 0 Å². The van der Waals surface area contributed by atoms with Crippen molar-refractivity contribution in [1.82, 2.24) is 15.1 Å². The van der Waals surface area contributed by atoms with Gasteiger partial charge in [0.05, 0.1) is 5.69 Å². The molecule has 0 atom stereocenters. The molecule has 0 radical (unpaired) electrons. The molecule has 0 aliphatic carbocycles. The zero-order chi connectivity index (χ0) is 15.2. The van der Waals surface area contributed by atoms with Crippen LogP contribution in [0.25, 0.3) is 5.69 Å². The minimum absolute atomic E-state index is 0.0531. The molecule has 0 saturated heterocycles. The first-order valence-electron chi connectivity index (χ1n) is 6.68. The van der Waals surface area contributed by atoms with Gasteiger partial charge in [0.25, 0.3) is 5.91 Å². The molecule has 6 nitrogen and oxygen atoms in total. The number of nitrogens with zero attached hydrogens (tertiary/aromatic N) is 2. The molecule has 0 saturated carbocycles. The van der Waals surface area contributed by atoms with Crippen molar-refractivity contribution in [2.24, 2.45) is 0 Å². The minimum Gasteiger partial charge on any atom is -0.481 e. The molecular weight excluding hydrogens is 270 g/mol. The summed E-state index contributed by atoms with van der Waals surface area (Å²) < 4.78 is 1.74. The molecule has 0 unspecified atom stereocenters. The highest BCUT2D eigenvalue weighted by Crippen LogP contribution is 2.15. The van der Waals surface area contributed by atoms with E-state index in [9.17, 15) is 9.59 Å². The summed E-state index contributed by atoms with van der Waals surface area (Å²) in [6.45, 7) is 2.27. The number of aromatic nitrogens is 2. The molecule has 0 fully saturated rings. The first-order chi connectivity index (χ1) is 10.1. The average Bonchev–Trinajstić information content (AvgIpc) is 2.97. The van der Waals surface area contributed by atoms with Crippen LogP contribution in [0.15, 0.2) is 36.7 Å². The van der Waals surface area contributed by atoms with Crippen molar-refractivity contribution in [2.75, 3.05) is 6.54 Å². The Morgan fingerprint density at radius 2 is 2.19 bits per heavy atom. The lowest BCUT2D eigenvalue weighted by atomic mass is 10.1. The van der Waals surface area contributed by atoms with Crippen LogP contribution in [0.1, 0.15) is 28.8 Å². The molecule has 2 N–H and O–H groups in total. The van der Waals surface area contributed by atoms with E-state index in [1.54, 1.807) is 23.0 Å². The zero-order valence-corrected chi connectivity index (χ0v) is 11.7. The Hall–Kier alpha value is -2.63. The van der Waals surface area contributed by atoms with Crippen LogP contribution in [0.4, 0.5) is 0 Å². The van der Waals surface area contributed by atoms with Gasteiger partial charge in [-0.25, -0.2) is 4.68 Å². The third kappa shape index (κ3) is 3.92. The number of carbonyl (C=O) groups is 2. The molecule has 110 valence electrons. The summed E-state index contributed by atoms with van der Waals surface area (Å²) in [5, 5.41) is 15.4. The molecule has 1 aromatic heterocycles. The molecule has 0 bridgehead atoms. The van der Waals surface area contributed by atoms with E-state index in [2.05, 4.69) is 10.4 Å². The molecule has 1 amide bonds. The van der Waals surface area contributed by atoms with Crippen molar-refractivity contribution in [2.45, 2.75) is 19.8 Å². The first-order valence-corrected chi connectivity index (χ1v) is 6.68. The number of rotatable bonds is 6. The number of aliphatic carboxylic acids is 1. The number of aryl methyl sites for hydroxylation is 1. The Bertz CT molecular complexity index is 636. The van der Waals surface area contributed by atoms with Gasteiger partial charge in [0.1, 0.15) is 0 Å². The molecule has 0 aliphatic rings. The normalized spacial score (nSPS) is 10.3. The number of hydrogen-bond acceptors (Lipinski definition) is 3. The van der Waals surface area contributed by atoms with Crippen LogP contribution in [0, 0.1) is 6.92 Å². The fourth-order valence-electron chi connectivity index (χ4n) is 2.01. The molecule has 1 aromatic carbocycles. The van der Waals surface area contributed by atoms with Crippen LogP contribution >= 0.6 is 0 Å². The predicted molar refractivity (Wildman–Crippen MR) is 77.5 cm³/mol. The highest BCUT2D eigenvalue weighted by Gasteiger charge is 2.08. The fourth-order valence-corrected chi connectivity index (χ4v) is 2.01. The van der Waals surface area contributed by atoms with Gasteiger partial charge in [0.15, 0.2) is 0 Å². The Morgan fingerprint density at radius 3 is 2.81 bits per heavy atom. The van der Waals surface area contributed by atoms with Gasteiger partial charge in [-0.2, -0.15) is 5.10 Å². The van der Waals surface area contributed by atoms with Gasteiger partial charge in [0, 0.05) is 30.9 Å². The average molecular weight is 287 g/mol. The summed E-state index contributed by atoms with van der Waals surface area (Å²) in [5.74, 6) is -1.06. The van der Waals surface area contributed by atoms with Crippen molar-refractivity contribution in [1.29, 1.82) is 0 Å². The summed E-state index contributed by atoms with van der Waals surface area (Å²) in [5.41, 5.74) is 2.41. The highest BCUT2D eigenvalue weighted by atomic mass is 16.4. The molecule has 1 heterocycles. The van der Waals surface area contributed by atoms with E-state index in [-0.39, 0.29) is 12.3 Å². The summed E-state index contributed by atoms with van der Waals surface area (Å²) >= 11 is 0. The number of carboxylic acids is 1. The second-order valence-corrected chi connectivity index (χ2v) is 4.71. The predicted octanol–water partition coefficient (Wildman–Crippen LogP) is 1.78. The summed E-state index contributed by atoms with van der Waals surface area (Å²) in [6, 6.07) is 7.21. The van der Waals surface area contributed by atoms with Crippen LogP contribution in [0.2, 0.25) is 0 Å². The first kappa shape index (κ1) is 14.8. The summed E-state index contributed by atoms with van der Waals surface area (Å²) in [6.07, 6.45) is 4.01. The Labute approximate surface area is 122 Å². The van der Waals surface area contributed by atoms with Crippen molar-refractivity contribution in [3.8, 4) is 5.69 Å². The molecule has 2 rings (SSSR count). The Morgan fingerprint density at radius 1 is 1.38 bits per heavy atom. The topological polar surface area (TPSA) is 84.2 Å². The van der Waals surface area contributed by atoms with Gasteiger partial charge in [-0.15, -0.1) is 0 Å². The van der Waals surface area contributed by atoms with Crippen molar-refractivity contribution in [3.05, 3.63) is 47.8 Å². The third-order valence-electron chi connectivity index (χ3n) is 3.06. The smallest absolute Gasteiger partial charge is 0.303 e. The monoisotopic (exact) mass is 287 g/mol. The molecule has 0 aliphatic heterocycles. The Kier molecular flexibility index (Phi) is 4.71.